The summed E-state index contributed by atoms with van der Waals surface area (Å²) in [5.41, 5.74) is 2.96. The number of aromatic nitrogens is 2. The van der Waals surface area contributed by atoms with Crippen LogP contribution in [0.2, 0.25) is 0 Å². The van der Waals surface area contributed by atoms with E-state index < -0.39 is 0 Å². The molecule has 0 fully saturated rings. The first-order valence-electron chi connectivity index (χ1n) is 9.98. The molecular weight excluding hydrogens is 376 g/mol. The van der Waals surface area contributed by atoms with Gasteiger partial charge in [-0.3, -0.25) is 19.6 Å². The van der Waals surface area contributed by atoms with E-state index in [9.17, 15) is 9.59 Å². The fourth-order valence-corrected chi connectivity index (χ4v) is 3.41. The van der Waals surface area contributed by atoms with E-state index in [4.69, 9.17) is 0 Å². The maximum Gasteiger partial charge on any atom is 0.224 e. The Bertz CT molecular complexity index is 1100. The fraction of sp³-hybridized carbons (Fsp3) is 0.167. The van der Waals surface area contributed by atoms with Crippen molar-refractivity contribution in [3.63, 3.8) is 0 Å². The van der Waals surface area contributed by atoms with Crippen LogP contribution < -0.4 is 10.6 Å². The minimum Gasteiger partial charge on any atom is -0.324 e. The number of anilines is 2. The predicted octanol–water partition coefficient (Wildman–Crippen LogP) is 4.92. The lowest BCUT2D eigenvalue weighted by atomic mass is 10.1. The molecule has 2 amide bonds. The number of rotatable bonds is 7. The van der Waals surface area contributed by atoms with Crippen LogP contribution >= 0.6 is 0 Å². The Morgan fingerprint density at radius 2 is 1.07 bits per heavy atom. The van der Waals surface area contributed by atoms with Crippen LogP contribution in [0, 0.1) is 0 Å². The van der Waals surface area contributed by atoms with E-state index in [2.05, 4.69) is 20.6 Å². The van der Waals surface area contributed by atoms with E-state index in [1.54, 1.807) is 12.4 Å². The Balaban J connectivity index is 1.25. The van der Waals surface area contributed by atoms with Crippen LogP contribution in [-0.2, 0) is 9.59 Å². The minimum absolute atomic E-state index is 0.0770. The van der Waals surface area contributed by atoms with Crippen LogP contribution in [0.5, 0.6) is 0 Å². The molecule has 0 aliphatic carbocycles. The number of carbonyl (C=O) groups excluding carboxylic acids is 2. The normalized spacial score (nSPS) is 10.8. The number of unbranched alkanes of at least 4 members (excludes halogenated alkanes) is 1. The van der Waals surface area contributed by atoms with Crippen molar-refractivity contribution in [3.05, 3.63) is 73.1 Å². The zero-order valence-electron chi connectivity index (χ0n) is 16.5. The van der Waals surface area contributed by atoms with Crippen LogP contribution in [0.4, 0.5) is 11.4 Å². The molecule has 0 aliphatic rings. The van der Waals surface area contributed by atoms with Crippen LogP contribution in [0.3, 0.4) is 0 Å². The molecule has 2 aromatic heterocycles. The highest BCUT2D eigenvalue weighted by molar-refractivity contribution is 6.01. The number of nitrogens with zero attached hydrogens (tertiary/aromatic N) is 2. The van der Waals surface area contributed by atoms with Crippen LogP contribution in [0.25, 0.3) is 21.8 Å². The van der Waals surface area contributed by atoms with E-state index in [1.807, 2.05) is 60.7 Å². The zero-order valence-corrected chi connectivity index (χ0v) is 16.5. The van der Waals surface area contributed by atoms with Gasteiger partial charge in [-0.05, 0) is 37.1 Å². The summed E-state index contributed by atoms with van der Waals surface area (Å²) < 4.78 is 0. The topological polar surface area (TPSA) is 84.0 Å². The first-order valence-corrected chi connectivity index (χ1v) is 9.98. The largest absolute Gasteiger partial charge is 0.324 e. The highest BCUT2D eigenvalue weighted by Gasteiger charge is 2.09. The molecule has 0 saturated heterocycles. The molecule has 0 aliphatic heterocycles. The van der Waals surface area contributed by atoms with Crippen molar-refractivity contribution in [2.75, 3.05) is 10.6 Å². The number of amides is 2. The molecule has 30 heavy (non-hydrogen) atoms. The van der Waals surface area contributed by atoms with Gasteiger partial charge in [0.2, 0.25) is 11.8 Å². The number of para-hydroxylation sites is 2. The van der Waals surface area contributed by atoms with E-state index in [0.29, 0.717) is 37.1 Å². The van der Waals surface area contributed by atoms with Gasteiger partial charge in [0.15, 0.2) is 0 Å². The van der Waals surface area contributed by atoms with Crippen molar-refractivity contribution < 1.29 is 9.59 Å². The Labute approximate surface area is 174 Å². The smallest absolute Gasteiger partial charge is 0.224 e. The lowest BCUT2D eigenvalue weighted by molar-refractivity contribution is -0.118. The molecule has 2 aromatic carbocycles. The number of hydrogen-bond acceptors (Lipinski definition) is 4. The molecule has 4 aromatic rings. The maximum absolute atomic E-state index is 12.3. The minimum atomic E-state index is -0.0770. The van der Waals surface area contributed by atoms with Gasteiger partial charge < -0.3 is 10.6 Å². The summed E-state index contributed by atoms with van der Waals surface area (Å²) in [6.45, 7) is 0. The molecule has 0 atom stereocenters. The molecule has 0 radical (unpaired) electrons. The Kier molecular flexibility index (Phi) is 5.94. The van der Waals surface area contributed by atoms with Gasteiger partial charge in [0, 0.05) is 36.0 Å². The first kappa shape index (κ1) is 19.5. The van der Waals surface area contributed by atoms with Gasteiger partial charge in [0.1, 0.15) is 0 Å². The van der Waals surface area contributed by atoms with Gasteiger partial charge in [-0.25, -0.2) is 0 Å². The number of pyridine rings is 2. The molecule has 6 heteroatoms. The van der Waals surface area contributed by atoms with Crippen LogP contribution in [0.15, 0.2) is 73.1 Å². The second kappa shape index (κ2) is 9.13. The van der Waals surface area contributed by atoms with Gasteiger partial charge in [-0.1, -0.05) is 36.4 Å². The number of nitrogens with one attached hydrogen (secondary N) is 2. The van der Waals surface area contributed by atoms with Crippen molar-refractivity contribution in [3.8, 4) is 0 Å². The Hall–Kier alpha value is -3.80. The molecule has 150 valence electrons. The number of carbonyl (C=O) groups is 2. The molecule has 2 heterocycles. The number of benzene rings is 2. The highest BCUT2D eigenvalue weighted by atomic mass is 16.2. The molecule has 0 spiro atoms. The molecule has 6 nitrogen and oxygen atoms in total. The van der Waals surface area contributed by atoms with Gasteiger partial charge in [-0.15, -0.1) is 0 Å². The second-order valence-corrected chi connectivity index (χ2v) is 7.06. The zero-order chi connectivity index (χ0) is 20.8. The van der Waals surface area contributed by atoms with Crippen molar-refractivity contribution in [2.45, 2.75) is 25.7 Å². The summed E-state index contributed by atoms with van der Waals surface area (Å²) in [4.78, 5) is 33.3. The lowest BCUT2D eigenvalue weighted by Crippen LogP contribution is -2.14. The van der Waals surface area contributed by atoms with Crippen molar-refractivity contribution in [2.24, 2.45) is 0 Å². The summed E-state index contributed by atoms with van der Waals surface area (Å²) >= 11 is 0. The monoisotopic (exact) mass is 398 g/mol. The summed E-state index contributed by atoms with van der Waals surface area (Å²) in [6, 6.07) is 19.1. The number of fused-ring (bicyclic) bond motifs is 2. The van der Waals surface area contributed by atoms with Gasteiger partial charge in [-0.2, -0.15) is 0 Å². The molecule has 0 unspecified atom stereocenters. The molecule has 4 rings (SSSR count). The summed E-state index contributed by atoms with van der Waals surface area (Å²) in [7, 11) is 0. The molecule has 2 N–H and O–H groups in total. The summed E-state index contributed by atoms with van der Waals surface area (Å²) in [5.74, 6) is -0.154. The standard InChI is InChI=1S/C24H22N4O2/c29-21(27-19-11-3-7-17-9-5-15-25-23(17)19)13-1-2-14-22(30)28-20-12-4-8-18-10-6-16-26-24(18)20/h3-12,15-16H,1-2,13-14H2,(H,27,29)(H,28,30). The third-order valence-corrected chi connectivity index (χ3v) is 4.87. The van der Waals surface area contributed by atoms with E-state index in [-0.39, 0.29) is 11.8 Å². The fourth-order valence-electron chi connectivity index (χ4n) is 3.41. The van der Waals surface area contributed by atoms with Gasteiger partial charge >= 0.3 is 0 Å². The average Bonchev–Trinajstić information content (AvgIpc) is 2.77. The summed E-state index contributed by atoms with van der Waals surface area (Å²) in [6.07, 6.45) is 5.39. The molecular formula is C24H22N4O2. The first-order chi connectivity index (χ1) is 14.7. The lowest BCUT2D eigenvalue weighted by Gasteiger charge is -2.09. The van der Waals surface area contributed by atoms with E-state index in [1.165, 1.54) is 0 Å². The van der Waals surface area contributed by atoms with E-state index >= 15 is 0 Å². The van der Waals surface area contributed by atoms with Crippen molar-refractivity contribution in [1.29, 1.82) is 0 Å². The Morgan fingerprint density at radius 1 is 0.633 bits per heavy atom. The van der Waals surface area contributed by atoms with Gasteiger partial charge in [0.25, 0.3) is 0 Å². The SMILES string of the molecule is O=C(CCCCC(=O)Nc1cccc2cccnc12)Nc1cccc2cccnc12. The number of hydrogen-bond donors (Lipinski definition) is 2. The maximum atomic E-state index is 12.3. The highest BCUT2D eigenvalue weighted by Crippen LogP contribution is 2.22. The molecule has 0 bridgehead atoms. The molecule has 0 saturated carbocycles. The van der Waals surface area contributed by atoms with Crippen LogP contribution in [0.1, 0.15) is 25.7 Å². The van der Waals surface area contributed by atoms with Gasteiger partial charge in [0.05, 0.1) is 22.4 Å². The quantitative estimate of drug-likeness (QED) is 0.433. The second-order valence-electron chi connectivity index (χ2n) is 7.06. The average molecular weight is 398 g/mol. The third kappa shape index (κ3) is 4.60. The Morgan fingerprint density at radius 3 is 1.53 bits per heavy atom. The van der Waals surface area contributed by atoms with Crippen molar-refractivity contribution >= 4 is 45.0 Å². The third-order valence-electron chi connectivity index (χ3n) is 4.87. The van der Waals surface area contributed by atoms with E-state index in [0.717, 1.165) is 21.8 Å². The summed E-state index contributed by atoms with van der Waals surface area (Å²) in [5, 5.41) is 7.81. The van der Waals surface area contributed by atoms with Crippen molar-refractivity contribution in [1.82, 2.24) is 9.97 Å². The van der Waals surface area contributed by atoms with Crippen LogP contribution in [-0.4, -0.2) is 21.8 Å². The predicted molar refractivity (Wildman–Crippen MR) is 119 cm³/mol.